The van der Waals surface area contributed by atoms with Crippen molar-refractivity contribution in [3.05, 3.63) is 53.8 Å². The zero-order chi connectivity index (χ0) is 20.8. The number of hydrogen-bond acceptors (Lipinski definition) is 5. The van der Waals surface area contributed by atoms with Crippen LogP contribution >= 0.6 is 0 Å². The number of benzene rings is 2. The molecule has 7 nitrogen and oxygen atoms in total. The van der Waals surface area contributed by atoms with Crippen LogP contribution in [0, 0.1) is 5.82 Å². The maximum absolute atomic E-state index is 13.2. The first-order chi connectivity index (χ1) is 13.7. The number of sulfonamides is 2. The van der Waals surface area contributed by atoms with Gasteiger partial charge in [-0.25, -0.2) is 21.2 Å². The van der Waals surface area contributed by atoms with Crippen LogP contribution in [0.1, 0.15) is 12.5 Å². The highest BCUT2D eigenvalue weighted by molar-refractivity contribution is 7.93. The van der Waals surface area contributed by atoms with Crippen molar-refractivity contribution in [2.75, 3.05) is 30.6 Å². The molecule has 1 fully saturated rings. The highest BCUT2D eigenvalue weighted by Crippen LogP contribution is 2.38. The minimum absolute atomic E-state index is 0.0105. The molecule has 1 saturated heterocycles. The number of anilines is 1. The Bertz CT molecular complexity index is 1130. The number of morpholine rings is 1. The maximum Gasteiger partial charge on any atom is 0.264 e. The molecule has 1 atom stereocenters. The van der Waals surface area contributed by atoms with Gasteiger partial charge in [0.05, 0.1) is 28.7 Å². The van der Waals surface area contributed by atoms with Crippen LogP contribution in [-0.4, -0.2) is 53.5 Å². The van der Waals surface area contributed by atoms with Gasteiger partial charge in [0, 0.05) is 19.1 Å². The largest absolute Gasteiger partial charge is 0.379 e. The Morgan fingerprint density at radius 3 is 2.21 bits per heavy atom. The van der Waals surface area contributed by atoms with Crippen LogP contribution in [0.25, 0.3) is 0 Å². The predicted molar refractivity (Wildman–Crippen MR) is 105 cm³/mol. The van der Waals surface area contributed by atoms with Gasteiger partial charge in [-0.1, -0.05) is 0 Å². The normalized spacial score (nSPS) is 20.6. The van der Waals surface area contributed by atoms with Crippen molar-refractivity contribution < 1.29 is 26.0 Å². The molecule has 10 heteroatoms. The standard InChI is InChI=1S/C19H21FN2O5S2/c1-14-12-15-13-18(28(23,24)21-8-10-27-11-9-21)6-7-19(15)22(14)29(25,26)17-4-2-16(20)3-5-17/h2-7,13-14H,8-12H2,1H3/t14-/m1/s1. The van der Waals surface area contributed by atoms with Gasteiger partial charge in [0.15, 0.2) is 0 Å². The van der Waals surface area contributed by atoms with E-state index < -0.39 is 25.9 Å². The molecule has 2 aliphatic heterocycles. The molecule has 2 aliphatic rings. The molecule has 0 aromatic heterocycles. The Morgan fingerprint density at radius 1 is 0.931 bits per heavy atom. The lowest BCUT2D eigenvalue weighted by atomic mass is 10.1. The topological polar surface area (TPSA) is 84.0 Å². The Kier molecular flexibility index (Phi) is 5.14. The average molecular weight is 441 g/mol. The molecule has 0 unspecified atom stereocenters. The van der Waals surface area contributed by atoms with Crippen LogP contribution < -0.4 is 4.31 Å². The zero-order valence-corrected chi connectivity index (χ0v) is 17.4. The molecule has 0 bridgehead atoms. The Hall–Kier alpha value is -2.01. The molecular formula is C19H21FN2O5S2. The monoisotopic (exact) mass is 440 g/mol. The zero-order valence-electron chi connectivity index (χ0n) is 15.8. The summed E-state index contributed by atoms with van der Waals surface area (Å²) in [6, 6.07) is 8.80. The predicted octanol–water partition coefficient (Wildman–Crippen LogP) is 1.99. The van der Waals surface area contributed by atoms with Crippen molar-refractivity contribution in [1.29, 1.82) is 0 Å². The van der Waals surface area contributed by atoms with Gasteiger partial charge in [0.1, 0.15) is 5.82 Å². The molecule has 0 saturated carbocycles. The minimum Gasteiger partial charge on any atom is -0.379 e. The second-order valence-corrected chi connectivity index (χ2v) is 10.9. The van der Waals surface area contributed by atoms with E-state index in [0.717, 1.165) is 12.1 Å². The Balaban J connectivity index is 1.70. The van der Waals surface area contributed by atoms with Crippen molar-refractivity contribution in [3.8, 4) is 0 Å². The second-order valence-electron chi connectivity index (χ2n) is 7.11. The summed E-state index contributed by atoms with van der Waals surface area (Å²) >= 11 is 0. The molecule has 156 valence electrons. The molecule has 0 radical (unpaired) electrons. The summed E-state index contributed by atoms with van der Waals surface area (Å²) in [5, 5.41) is 0. The highest BCUT2D eigenvalue weighted by Gasteiger charge is 2.37. The minimum atomic E-state index is -3.90. The van der Waals surface area contributed by atoms with Gasteiger partial charge in [-0.3, -0.25) is 4.31 Å². The van der Waals surface area contributed by atoms with E-state index >= 15 is 0 Å². The summed E-state index contributed by atoms with van der Waals surface area (Å²) in [6.45, 7) is 3.05. The number of ether oxygens (including phenoxy) is 1. The second kappa shape index (κ2) is 7.35. The van der Waals surface area contributed by atoms with Crippen LogP contribution in [0.5, 0.6) is 0 Å². The third kappa shape index (κ3) is 3.54. The van der Waals surface area contributed by atoms with Gasteiger partial charge in [-0.2, -0.15) is 4.31 Å². The van der Waals surface area contributed by atoms with Crippen molar-refractivity contribution in [2.24, 2.45) is 0 Å². The fraction of sp³-hybridized carbons (Fsp3) is 0.368. The van der Waals surface area contributed by atoms with E-state index in [9.17, 15) is 21.2 Å². The summed E-state index contributed by atoms with van der Waals surface area (Å²) in [6.07, 6.45) is 0.391. The molecule has 0 N–H and O–H groups in total. The van der Waals surface area contributed by atoms with Gasteiger partial charge in [-0.15, -0.1) is 0 Å². The van der Waals surface area contributed by atoms with Crippen LogP contribution in [0.15, 0.2) is 52.3 Å². The van der Waals surface area contributed by atoms with Crippen LogP contribution in [0.4, 0.5) is 10.1 Å². The smallest absolute Gasteiger partial charge is 0.264 e. The quantitative estimate of drug-likeness (QED) is 0.726. The lowest BCUT2D eigenvalue weighted by molar-refractivity contribution is 0.0730. The van der Waals surface area contributed by atoms with E-state index in [4.69, 9.17) is 4.74 Å². The van der Waals surface area contributed by atoms with Crippen LogP contribution in [0.2, 0.25) is 0 Å². The summed E-state index contributed by atoms with van der Waals surface area (Å²) in [5.74, 6) is -0.517. The Labute approximate surface area is 169 Å². The van der Waals surface area contributed by atoms with Crippen molar-refractivity contribution >= 4 is 25.7 Å². The summed E-state index contributed by atoms with van der Waals surface area (Å²) in [5.41, 5.74) is 1.10. The number of hydrogen-bond donors (Lipinski definition) is 0. The lowest BCUT2D eigenvalue weighted by Crippen LogP contribution is -2.40. The van der Waals surface area contributed by atoms with E-state index in [-0.39, 0.29) is 15.8 Å². The molecule has 2 aromatic carbocycles. The summed E-state index contributed by atoms with van der Waals surface area (Å²) < 4.78 is 73.1. The van der Waals surface area contributed by atoms with Crippen molar-refractivity contribution in [3.63, 3.8) is 0 Å². The molecule has 0 amide bonds. The molecule has 2 aromatic rings. The molecule has 4 rings (SSSR count). The average Bonchev–Trinajstić information content (AvgIpc) is 3.04. The molecule has 0 aliphatic carbocycles. The molecule has 2 heterocycles. The van der Waals surface area contributed by atoms with Gasteiger partial charge < -0.3 is 4.74 Å². The molecule has 0 spiro atoms. The van der Waals surface area contributed by atoms with Crippen molar-refractivity contribution in [1.82, 2.24) is 4.31 Å². The third-order valence-electron chi connectivity index (χ3n) is 5.18. The van der Waals surface area contributed by atoms with E-state index in [1.54, 1.807) is 13.0 Å². The number of rotatable bonds is 4. The van der Waals surface area contributed by atoms with E-state index in [1.165, 1.54) is 32.9 Å². The highest BCUT2D eigenvalue weighted by atomic mass is 32.2. The van der Waals surface area contributed by atoms with E-state index in [2.05, 4.69) is 0 Å². The van der Waals surface area contributed by atoms with Crippen LogP contribution in [0.3, 0.4) is 0 Å². The fourth-order valence-corrected chi connectivity index (χ4v) is 6.91. The first-order valence-corrected chi connectivity index (χ1v) is 12.1. The van der Waals surface area contributed by atoms with Gasteiger partial charge in [0.2, 0.25) is 10.0 Å². The first-order valence-electron chi connectivity index (χ1n) is 9.22. The third-order valence-corrected chi connectivity index (χ3v) is 9.02. The van der Waals surface area contributed by atoms with Crippen LogP contribution in [-0.2, 0) is 31.2 Å². The van der Waals surface area contributed by atoms with Crippen molar-refractivity contribution in [2.45, 2.75) is 29.2 Å². The molecular weight excluding hydrogens is 419 g/mol. The lowest BCUT2D eigenvalue weighted by Gasteiger charge is -2.26. The van der Waals surface area contributed by atoms with Gasteiger partial charge in [0.25, 0.3) is 10.0 Å². The van der Waals surface area contributed by atoms with E-state index in [0.29, 0.717) is 44.0 Å². The molecule has 29 heavy (non-hydrogen) atoms. The number of nitrogens with zero attached hydrogens (tertiary/aromatic N) is 2. The fourth-order valence-electron chi connectivity index (χ4n) is 3.76. The summed E-state index contributed by atoms with van der Waals surface area (Å²) in [7, 11) is -7.56. The maximum atomic E-state index is 13.2. The van der Waals surface area contributed by atoms with Gasteiger partial charge >= 0.3 is 0 Å². The van der Waals surface area contributed by atoms with E-state index in [1.807, 2.05) is 0 Å². The number of halogens is 1. The summed E-state index contributed by atoms with van der Waals surface area (Å²) in [4.78, 5) is 0.134. The van der Waals surface area contributed by atoms with Gasteiger partial charge in [-0.05, 0) is 61.4 Å². The Morgan fingerprint density at radius 2 is 1.55 bits per heavy atom. The first kappa shape index (κ1) is 20.3. The number of fused-ring (bicyclic) bond motifs is 1. The SMILES string of the molecule is C[C@@H]1Cc2cc(S(=O)(=O)N3CCOCC3)ccc2N1S(=O)(=O)c1ccc(F)cc1.